The Kier molecular flexibility index (Phi) is 24.9. The third-order valence-corrected chi connectivity index (χ3v) is 11.7. The minimum Gasteiger partial charge on any atom is -0.481 e. The molecule has 0 spiro atoms. The molecule has 3 aromatic rings. The van der Waals surface area contributed by atoms with Crippen molar-refractivity contribution in [1.29, 1.82) is 0 Å². The largest absolute Gasteiger partial charge is 0.481 e. The molecular formula is C25H25N7O3S9. The van der Waals surface area contributed by atoms with E-state index in [2.05, 4.69) is 70.1 Å². The van der Waals surface area contributed by atoms with E-state index in [0.29, 0.717) is 17.7 Å². The number of carbonyl (C=O) groups is 2. The van der Waals surface area contributed by atoms with Gasteiger partial charge in [0.05, 0.1) is 0 Å². The predicted molar refractivity (Wildman–Crippen MR) is 198 cm³/mol. The molecule has 0 aliphatic carbocycles. The fourth-order valence-corrected chi connectivity index (χ4v) is 5.77. The van der Waals surface area contributed by atoms with Crippen molar-refractivity contribution >= 4 is 101 Å². The van der Waals surface area contributed by atoms with Gasteiger partial charge >= 0.3 is 5.97 Å². The maximum absolute atomic E-state index is 12.2. The van der Waals surface area contributed by atoms with Crippen LogP contribution in [0.4, 0.5) is 0 Å². The average Bonchev–Trinajstić information content (AvgIpc) is 3.04. The van der Waals surface area contributed by atoms with Gasteiger partial charge in [0, 0.05) is 106 Å². The lowest BCUT2D eigenvalue weighted by Crippen LogP contribution is -2.27. The molecule has 0 saturated heterocycles. The number of carboxylic acids is 1. The lowest BCUT2D eigenvalue weighted by atomic mass is 10.1. The summed E-state index contributed by atoms with van der Waals surface area (Å²) in [6, 6.07) is 21.8. The standard InChI is InChI=1S/C16H16N4O.C9H9N3O2.S5.S4/c1-12-7-9-14(10-8-12)15(19-20-17)16(21)18-11-13-5-3-2-4-6-13;1-6-2-4-7(5-3-6)8(9(13)14)11-12-10;1-3-5-4-2;1-3-4-2/h2-10,15H,11H2,1H3,(H,18,21);2-5,8H,1H3,(H,13,14);;. The van der Waals surface area contributed by atoms with Crippen LogP contribution in [-0.2, 0) is 105 Å². The number of azide groups is 2. The van der Waals surface area contributed by atoms with Crippen LogP contribution >= 0.6 is 0 Å². The summed E-state index contributed by atoms with van der Waals surface area (Å²) in [4.78, 5) is 28.2. The van der Waals surface area contributed by atoms with Gasteiger partial charge in [-0.15, -0.1) is 0 Å². The molecular weight excluding hydrogens is 735 g/mol. The number of hydrogen-bond acceptors (Lipinski definition) is 8. The summed E-state index contributed by atoms with van der Waals surface area (Å²) in [5.41, 5.74) is 21.1. The monoisotopic (exact) mass is 759 g/mol. The van der Waals surface area contributed by atoms with Crippen molar-refractivity contribution in [3.05, 3.63) is 128 Å². The normalized spacial score (nSPS) is 10.1. The van der Waals surface area contributed by atoms with Crippen LogP contribution in [0.3, 0.4) is 0 Å². The van der Waals surface area contributed by atoms with Gasteiger partial charge in [-0.3, -0.25) is 9.59 Å². The first kappa shape index (κ1) is 41.2. The molecule has 1 amide bonds. The molecule has 44 heavy (non-hydrogen) atoms. The van der Waals surface area contributed by atoms with Gasteiger partial charge in [-0.05, 0) is 41.6 Å². The SMILES string of the molecule is Cc1ccc(C(N=[N+]=[N-])C(=O)NCc2ccccc2)cc1.Cc1ccc(C(N=[N+]=[N-])C(=O)O)cc1.S=S=S=S.S=S=S=S=S. The highest BCUT2D eigenvalue weighted by atomic mass is 33.3. The first-order valence-electron chi connectivity index (χ1n) is 11.8. The number of carboxylic acid groups (broad SMARTS) is 1. The van der Waals surface area contributed by atoms with Crippen LogP contribution in [-0.4, -0.2) is 17.0 Å². The fourth-order valence-electron chi connectivity index (χ4n) is 3.02. The molecule has 0 aliphatic heterocycles. The molecule has 0 bridgehead atoms. The zero-order chi connectivity index (χ0) is 33.2. The number of nitrogens with one attached hydrogen (secondary N) is 1. The van der Waals surface area contributed by atoms with E-state index in [0.717, 1.165) is 16.7 Å². The Hall–Kier alpha value is -2.80. The van der Waals surface area contributed by atoms with E-state index in [9.17, 15) is 9.59 Å². The van der Waals surface area contributed by atoms with Gasteiger partial charge in [0.25, 0.3) is 0 Å². The summed E-state index contributed by atoms with van der Waals surface area (Å²) in [6.07, 6.45) is 0. The van der Waals surface area contributed by atoms with Crippen molar-refractivity contribution in [3.63, 3.8) is 0 Å². The lowest BCUT2D eigenvalue weighted by molar-refractivity contribution is -0.138. The summed E-state index contributed by atoms with van der Waals surface area (Å²) in [5.74, 6) is -1.45. The highest BCUT2D eigenvalue weighted by Gasteiger charge is 2.19. The zero-order valence-corrected chi connectivity index (χ0v) is 30.3. The van der Waals surface area contributed by atoms with Crippen molar-refractivity contribution < 1.29 is 14.7 Å². The molecule has 0 saturated carbocycles. The maximum Gasteiger partial charge on any atom is 0.316 e. The van der Waals surface area contributed by atoms with Crippen molar-refractivity contribution in [2.45, 2.75) is 32.5 Å². The average molecular weight is 760 g/mol. The summed E-state index contributed by atoms with van der Waals surface area (Å²) < 4.78 is 0. The quantitative estimate of drug-likeness (QED) is 0.160. The van der Waals surface area contributed by atoms with E-state index >= 15 is 0 Å². The molecule has 0 aromatic heterocycles. The zero-order valence-electron chi connectivity index (χ0n) is 23.0. The van der Waals surface area contributed by atoms with E-state index in [1.54, 1.807) is 36.4 Å². The third kappa shape index (κ3) is 18.8. The van der Waals surface area contributed by atoms with Crippen LogP contribution in [0.1, 0.15) is 39.9 Å². The van der Waals surface area contributed by atoms with Gasteiger partial charge in [-0.2, -0.15) is 0 Å². The number of hydrogen-bond donors (Lipinski definition) is 2. The second kappa shape index (κ2) is 26.6. The number of rotatable bonds is 8. The predicted octanol–water partition coefficient (Wildman–Crippen LogP) is 6.07. The molecule has 0 radical (unpaired) electrons. The molecule has 0 fully saturated rings. The van der Waals surface area contributed by atoms with Crippen LogP contribution < -0.4 is 5.32 Å². The van der Waals surface area contributed by atoms with Crippen LogP contribution in [0.25, 0.3) is 20.9 Å². The molecule has 2 N–H and O–H groups in total. The summed E-state index contributed by atoms with van der Waals surface area (Å²) in [6.45, 7) is 4.26. The number of nitrogens with zero attached hydrogens (tertiary/aromatic N) is 6. The topological polar surface area (TPSA) is 164 Å². The highest BCUT2D eigenvalue weighted by Crippen LogP contribution is 2.19. The number of aryl methyl sites for hydroxylation is 2. The van der Waals surface area contributed by atoms with Gasteiger partial charge in [0.15, 0.2) is 6.04 Å². The smallest absolute Gasteiger partial charge is 0.316 e. The van der Waals surface area contributed by atoms with E-state index < -0.39 is 18.1 Å². The van der Waals surface area contributed by atoms with E-state index in [4.69, 9.17) is 16.2 Å². The molecule has 19 heteroatoms. The number of amides is 1. The number of benzene rings is 3. The van der Waals surface area contributed by atoms with Crippen molar-refractivity contribution in [2.24, 2.45) is 10.2 Å². The van der Waals surface area contributed by atoms with Gasteiger partial charge < -0.3 is 10.4 Å². The molecule has 2 atom stereocenters. The van der Waals surface area contributed by atoms with Crippen LogP contribution in [0.15, 0.2) is 89.1 Å². The Morgan fingerprint density at radius 1 is 0.750 bits per heavy atom. The minimum absolute atomic E-state index is 0.305. The van der Waals surface area contributed by atoms with Crippen LogP contribution in [0.2, 0.25) is 0 Å². The number of carbonyl (C=O) groups excluding carboxylic acids is 1. The molecule has 0 heterocycles. The van der Waals surface area contributed by atoms with Gasteiger partial charge in [0.2, 0.25) is 5.91 Å². The van der Waals surface area contributed by atoms with Crippen molar-refractivity contribution in [3.8, 4) is 0 Å². The van der Waals surface area contributed by atoms with E-state index in [1.807, 2.05) is 56.3 Å². The Balaban J connectivity index is 0.000000688. The van der Waals surface area contributed by atoms with Gasteiger partial charge in [-0.25, -0.2) is 0 Å². The highest BCUT2D eigenvalue weighted by molar-refractivity contribution is 8.59. The third-order valence-electron chi connectivity index (χ3n) is 5.00. The maximum atomic E-state index is 12.2. The van der Waals surface area contributed by atoms with E-state index in [-0.39, 0.29) is 5.91 Å². The molecule has 10 nitrogen and oxygen atoms in total. The molecule has 232 valence electrons. The fraction of sp³-hybridized carbons (Fsp3) is 0.200. The van der Waals surface area contributed by atoms with Crippen LogP contribution in [0, 0.1) is 13.8 Å². The van der Waals surface area contributed by atoms with Gasteiger partial charge in [0.1, 0.15) is 6.04 Å². The Labute approximate surface area is 288 Å². The molecule has 3 rings (SSSR count). The van der Waals surface area contributed by atoms with Crippen LogP contribution in [0.5, 0.6) is 0 Å². The second-order valence-electron chi connectivity index (χ2n) is 7.92. The molecule has 3 aromatic carbocycles. The summed E-state index contributed by atoms with van der Waals surface area (Å²) in [5, 5.41) is 18.4. The summed E-state index contributed by atoms with van der Waals surface area (Å²) >= 11 is 17.5. The second-order valence-corrected chi connectivity index (χ2v) is 16.8. The van der Waals surface area contributed by atoms with Crippen molar-refractivity contribution in [1.82, 2.24) is 5.32 Å². The molecule has 0 aliphatic rings. The minimum atomic E-state index is -1.15. The Morgan fingerprint density at radius 2 is 1.18 bits per heavy atom. The Bertz CT molecular complexity index is 1630. The van der Waals surface area contributed by atoms with Gasteiger partial charge in [-0.1, -0.05) is 100 Å². The summed E-state index contributed by atoms with van der Waals surface area (Å²) in [7, 11) is 6.29. The lowest BCUT2D eigenvalue weighted by Gasteiger charge is -2.12. The Morgan fingerprint density at radius 3 is 1.55 bits per heavy atom. The molecule has 2 unspecified atom stereocenters. The van der Waals surface area contributed by atoms with E-state index in [1.165, 1.54) is 44.4 Å². The van der Waals surface area contributed by atoms with Crippen molar-refractivity contribution in [2.75, 3.05) is 0 Å². The first-order chi connectivity index (χ1) is 21.2. The first-order valence-corrected chi connectivity index (χ1v) is 21.1. The number of aliphatic carboxylic acids is 1.